The molecule has 6 heteroatoms. The first-order chi connectivity index (χ1) is 9.51. The summed E-state index contributed by atoms with van der Waals surface area (Å²) in [5, 5.41) is 0. The van der Waals surface area contributed by atoms with Crippen LogP contribution in [0.5, 0.6) is 0 Å². The van der Waals surface area contributed by atoms with E-state index in [0.717, 1.165) is 32.1 Å². The van der Waals surface area contributed by atoms with Crippen LogP contribution >= 0.6 is 11.6 Å². The van der Waals surface area contributed by atoms with Crippen molar-refractivity contribution in [1.82, 2.24) is 8.61 Å². The number of hydrogen-bond acceptors (Lipinski definition) is 2. The Morgan fingerprint density at radius 1 is 1.25 bits per heavy atom. The lowest BCUT2D eigenvalue weighted by Gasteiger charge is -2.37. The predicted molar refractivity (Wildman–Crippen MR) is 85.3 cm³/mol. The van der Waals surface area contributed by atoms with E-state index < -0.39 is 10.2 Å². The monoisotopic (exact) mass is 324 g/mol. The smallest absolute Gasteiger partial charge is 0.195 e. The largest absolute Gasteiger partial charge is 0.282 e. The van der Waals surface area contributed by atoms with Crippen LogP contribution in [0.2, 0.25) is 0 Å². The first-order valence-electron chi connectivity index (χ1n) is 7.84. The zero-order valence-corrected chi connectivity index (χ0v) is 14.6. The van der Waals surface area contributed by atoms with E-state index in [-0.39, 0.29) is 6.04 Å². The molecule has 1 fully saturated rings. The van der Waals surface area contributed by atoms with Gasteiger partial charge in [-0.3, -0.25) is 0 Å². The number of nitrogens with zero attached hydrogens (tertiary/aromatic N) is 2. The third-order valence-electron chi connectivity index (χ3n) is 4.34. The van der Waals surface area contributed by atoms with Crippen LogP contribution in [0.4, 0.5) is 0 Å². The molecule has 0 amide bonds. The highest BCUT2D eigenvalue weighted by Gasteiger charge is 2.35. The first kappa shape index (κ1) is 18.2. The summed E-state index contributed by atoms with van der Waals surface area (Å²) in [7, 11) is -3.37. The molecule has 1 aliphatic heterocycles. The highest BCUT2D eigenvalue weighted by atomic mass is 35.5. The molecule has 4 nitrogen and oxygen atoms in total. The van der Waals surface area contributed by atoms with Gasteiger partial charge >= 0.3 is 0 Å². The van der Waals surface area contributed by atoms with Gasteiger partial charge in [-0.05, 0) is 18.8 Å². The van der Waals surface area contributed by atoms with Gasteiger partial charge in [0.05, 0.1) is 0 Å². The highest BCUT2D eigenvalue weighted by Crippen LogP contribution is 2.24. The van der Waals surface area contributed by atoms with Crippen LogP contribution < -0.4 is 0 Å². The van der Waals surface area contributed by atoms with Crippen LogP contribution in [0.3, 0.4) is 0 Å². The van der Waals surface area contributed by atoms with E-state index in [4.69, 9.17) is 11.6 Å². The molecule has 0 saturated carbocycles. The Labute approximate surface area is 129 Å². The summed E-state index contributed by atoms with van der Waals surface area (Å²) in [6.45, 7) is 7.93. The molecule has 0 aromatic carbocycles. The van der Waals surface area contributed by atoms with Crippen LogP contribution in [-0.4, -0.2) is 48.6 Å². The minimum Gasteiger partial charge on any atom is -0.195 e. The van der Waals surface area contributed by atoms with Crippen molar-refractivity contribution < 1.29 is 8.42 Å². The third-order valence-corrected chi connectivity index (χ3v) is 6.83. The quantitative estimate of drug-likeness (QED) is 0.644. The lowest BCUT2D eigenvalue weighted by Crippen LogP contribution is -2.52. The Bertz CT molecular complexity index is 371. The summed E-state index contributed by atoms with van der Waals surface area (Å²) in [6.07, 6.45) is 4.92. The molecule has 0 N–H and O–H groups in total. The number of piperidine rings is 1. The van der Waals surface area contributed by atoms with Crippen molar-refractivity contribution in [3.8, 4) is 0 Å². The lowest BCUT2D eigenvalue weighted by molar-refractivity contribution is 0.238. The van der Waals surface area contributed by atoms with Gasteiger partial charge in [0.1, 0.15) is 0 Å². The zero-order valence-electron chi connectivity index (χ0n) is 13.0. The van der Waals surface area contributed by atoms with Crippen molar-refractivity contribution in [2.45, 2.75) is 58.9 Å². The van der Waals surface area contributed by atoms with Crippen LogP contribution in [0.15, 0.2) is 0 Å². The van der Waals surface area contributed by atoms with Crippen LogP contribution in [-0.2, 0) is 10.2 Å². The highest BCUT2D eigenvalue weighted by molar-refractivity contribution is 7.86. The molecule has 0 bridgehead atoms. The van der Waals surface area contributed by atoms with Gasteiger partial charge in [-0.25, -0.2) is 0 Å². The molecule has 0 aliphatic carbocycles. The van der Waals surface area contributed by atoms with E-state index in [1.807, 2.05) is 6.92 Å². The van der Waals surface area contributed by atoms with Gasteiger partial charge in [0.25, 0.3) is 10.2 Å². The maximum Gasteiger partial charge on any atom is 0.282 e. The van der Waals surface area contributed by atoms with Crippen molar-refractivity contribution in [1.29, 1.82) is 0 Å². The van der Waals surface area contributed by atoms with Crippen LogP contribution in [0, 0.1) is 5.92 Å². The molecule has 1 saturated heterocycles. The van der Waals surface area contributed by atoms with E-state index in [9.17, 15) is 8.42 Å². The third kappa shape index (κ3) is 4.33. The van der Waals surface area contributed by atoms with Gasteiger partial charge in [0, 0.05) is 31.6 Å². The average Bonchev–Trinajstić information content (AvgIpc) is 2.48. The Hall–Kier alpha value is 0.160. The topological polar surface area (TPSA) is 40.6 Å². The van der Waals surface area contributed by atoms with Crippen LogP contribution in [0.1, 0.15) is 52.9 Å². The number of rotatable bonds is 8. The molecule has 0 aromatic heterocycles. The molecule has 120 valence electrons. The molecule has 1 unspecified atom stereocenters. The molecular weight excluding hydrogens is 296 g/mol. The zero-order chi connectivity index (χ0) is 15.2. The summed E-state index contributed by atoms with van der Waals surface area (Å²) in [6, 6.07) is -0.0360. The molecular formula is C14H29ClN2O2S. The van der Waals surface area contributed by atoms with Gasteiger partial charge in [-0.2, -0.15) is 17.0 Å². The molecule has 1 atom stereocenters. The van der Waals surface area contributed by atoms with Gasteiger partial charge in [0.2, 0.25) is 0 Å². The van der Waals surface area contributed by atoms with Gasteiger partial charge in [0.15, 0.2) is 0 Å². The minimum atomic E-state index is -3.37. The molecule has 0 spiro atoms. The van der Waals surface area contributed by atoms with Gasteiger partial charge in [-0.1, -0.05) is 40.0 Å². The molecule has 20 heavy (non-hydrogen) atoms. The van der Waals surface area contributed by atoms with Gasteiger partial charge < -0.3 is 0 Å². The van der Waals surface area contributed by atoms with E-state index in [0.29, 0.717) is 31.4 Å². The maximum absolute atomic E-state index is 12.8. The number of alkyl halides is 1. The second kappa shape index (κ2) is 8.57. The molecule has 1 rings (SSSR count). The van der Waals surface area contributed by atoms with Gasteiger partial charge in [-0.15, -0.1) is 11.6 Å². The van der Waals surface area contributed by atoms with Crippen molar-refractivity contribution in [2.24, 2.45) is 5.92 Å². The summed E-state index contributed by atoms with van der Waals surface area (Å²) in [5.41, 5.74) is 0. The molecule has 0 aromatic rings. The van der Waals surface area contributed by atoms with Crippen molar-refractivity contribution in [2.75, 3.05) is 25.5 Å². The SMILES string of the molecule is CCC(CC)CN(CC)S(=O)(=O)N1CCCCC1CCl. The average molecular weight is 325 g/mol. The fourth-order valence-electron chi connectivity index (χ4n) is 2.80. The Balaban J connectivity index is 2.87. The second-order valence-electron chi connectivity index (χ2n) is 5.56. The maximum atomic E-state index is 12.8. The summed E-state index contributed by atoms with van der Waals surface area (Å²) in [4.78, 5) is 0. The molecule has 1 aliphatic rings. The molecule has 0 radical (unpaired) electrons. The van der Waals surface area contributed by atoms with E-state index >= 15 is 0 Å². The Kier molecular flexibility index (Phi) is 7.80. The van der Waals surface area contributed by atoms with E-state index in [2.05, 4.69) is 13.8 Å². The fraction of sp³-hybridized carbons (Fsp3) is 1.00. The minimum absolute atomic E-state index is 0.0360. The summed E-state index contributed by atoms with van der Waals surface area (Å²) in [5.74, 6) is 0.825. The first-order valence-corrected chi connectivity index (χ1v) is 9.77. The molecule has 1 heterocycles. The standard InChI is InChI=1S/C14H29ClN2O2S/c1-4-13(5-2)12-16(6-3)20(18,19)17-10-8-7-9-14(17)11-15/h13-14H,4-12H2,1-3H3. The van der Waals surface area contributed by atoms with Crippen molar-refractivity contribution >= 4 is 21.8 Å². The number of halogens is 1. The normalized spacial score (nSPS) is 21.8. The number of hydrogen-bond donors (Lipinski definition) is 0. The fourth-order valence-corrected chi connectivity index (χ4v) is 5.14. The Morgan fingerprint density at radius 3 is 2.40 bits per heavy atom. The van der Waals surface area contributed by atoms with Crippen molar-refractivity contribution in [3.63, 3.8) is 0 Å². The predicted octanol–water partition coefficient (Wildman–Crippen LogP) is 3.08. The second-order valence-corrected chi connectivity index (χ2v) is 7.75. The van der Waals surface area contributed by atoms with E-state index in [1.54, 1.807) is 8.61 Å². The summed E-state index contributed by atoms with van der Waals surface area (Å²) >= 11 is 5.96. The summed E-state index contributed by atoms with van der Waals surface area (Å²) < 4.78 is 29.0. The lowest BCUT2D eigenvalue weighted by atomic mass is 10.0. The Morgan fingerprint density at radius 2 is 1.90 bits per heavy atom. The van der Waals surface area contributed by atoms with E-state index in [1.165, 1.54) is 0 Å². The van der Waals surface area contributed by atoms with Crippen LogP contribution in [0.25, 0.3) is 0 Å². The van der Waals surface area contributed by atoms with Crippen molar-refractivity contribution in [3.05, 3.63) is 0 Å².